The van der Waals surface area contributed by atoms with E-state index in [4.69, 9.17) is 16.2 Å². The van der Waals surface area contributed by atoms with Crippen molar-refractivity contribution in [3.63, 3.8) is 0 Å². The van der Waals surface area contributed by atoms with Gasteiger partial charge in [-0.25, -0.2) is 0 Å². The van der Waals surface area contributed by atoms with Crippen LogP contribution in [0.4, 0.5) is 17.1 Å². The van der Waals surface area contributed by atoms with Crippen LogP contribution in [0.2, 0.25) is 0 Å². The van der Waals surface area contributed by atoms with Crippen molar-refractivity contribution in [2.75, 3.05) is 23.5 Å². The van der Waals surface area contributed by atoms with Gasteiger partial charge in [0.15, 0.2) is 0 Å². The number of fused-ring (bicyclic) bond motifs is 1. The average molecular weight is 461 g/mol. The Hall–Kier alpha value is -3.88. The number of benzene rings is 3. The van der Waals surface area contributed by atoms with Gasteiger partial charge in [-0.1, -0.05) is 18.2 Å². The molecule has 0 fully saturated rings. The van der Waals surface area contributed by atoms with E-state index in [0.29, 0.717) is 33.9 Å². The summed E-state index contributed by atoms with van der Waals surface area (Å²) in [6, 6.07) is 18.6. The van der Waals surface area contributed by atoms with E-state index < -0.39 is 0 Å². The molecule has 0 aliphatic carbocycles. The number of nitrogen functional groups attached to an aromatic ring is 1. The molecule has 4 aromatic rings. The smallest absolute Gasteiger partial charge is 0.255 e. The van der Waals surface area contributed by atoms with Gasteiger partial charge in [0.25, 0.3) is 5.91 Å². The van der Waals surface area contributed by atoms with Gasteiger partial charge < -0.3 is 26.8 Å². The lowest BCUT2D eigenvalue weighted by Crippen LogP contribution is -2.15. The third-order valence-corrected chi connectivity index (χ3v) is 6.36. The SMILES string of the molecule is COc1ccc(NC(C)=O)cc1NC(=O)c1cc(CN)c(N)c(-c2cc3ccccc3s2)c1. The summed E-state index contributed by atoms with van der Waals surface area (Å²) in [5.41, 5.74) is 15.8. The number of nitrogens with one attached hydrogen (secondary N) is 2. The maximum Gasteiger partial charge on any atom is 0.255 e. The quantitative estimate of drug-likeness (QED) is 0.307. The zero-order valence-corrected chi connectivity index (χ0v) is 19.1. The van der Waals surface area contributed by atoms with Crippen LogP contribution in [0.25, 0.3) is 20.5 Å². The van der Waals surface area contributed by atoms with Gasteiger partial charge >= 0.3 is 0 Å². The number of ether oxygens (including phenoxy) is 1. The first kappa shape index (κ1) is 22.3. The van der Waals surface area contributed by atoms with Crippen LogP contribution in [0.1, 0.15) is 22.8 Å². The Morgan fingerprint density at radius 2 is 1.82 bits per heavy atom. The van der Waals surface area contributed by atoms with E-state index in [0.717, 1.165) is 20.5 Å². The third-order valence-electron chi connectivity index (χ3n) is 5.21. The molecule has 0 spiro atoms. The predicted molar refractivity (Wildman–Crippen MR) is 135 cm³/mol. The number of carbonyl (C=O) groups is 2. The predicted octanol–water partition coefficient (Wildman–Crippen LogP) is 4.83. The highest BCUT2D eigenvalue weighted by Gasteiger charge is 2.17. The number of thiophene rings is 1. The number of amides is 2. The zero-order chi connectivity index (χ0) is 23.5. The van der Waals surface area contributed by atoms with Crippen molar-refractivity contribution in [3.05, 3.63) is 71.8 Å². The number of hydrogen-bond donors (Lipinski definition) is 4. The fourth-order valence-electron chi connectivity index (χ4n) is 3.61. The molecule has 0 aliphatic rings. The molecule has 1 aromatic heterocycles. The van der Waals surface area contributed by atoms with Gasteiger partial charge in [0.2, 0.25) is 5.91 Å². The van der Waals surface area contributed by atoms with E-state index in [9.17, 15) is 9.59 Å². The van der Waals surface area contributed by atoms with Crippen molar-refractivity contribution >= 4 is 50.3 Å². The van der Waals surface area contributed by atoms with Crippen LogP contribution in [0.5, 0.6) is 5.75 Å². The standard InChI is InChI=1S/C25H24N4O3S/c1-14(30)28-18-7-8-21(32-2)20(12-18)29-25(31)16-9-17(13-26)24(27)19(10-16)23-11-15-5-3-4-6-22(15)33-23/h3-12H,13,26-27H2,1-2H3,(H,28,30)(H,29,31). The second-order valence-electron chi connectivity index (χ2n) is 7.50. The van der Waals surface area contributed by atoms with Gasteiger partial charge in [0, 0.05) is 45.5 Å². The summed E-state index contributed by atoms with van der Waals surface area (Å²) < 4.78 is 6.50. The lowest BCUT2D eigenvalue weighted by atomic mass is 10.0. The van der Waals surface area contributed by atoms with E-state index in [1.807, 2.05) is 18.2 Å². The van der Waals surface area contributed by atoms with E-state index in [1.54, 1.807) is 41.7 Å². The molecule has 8 heteroatoms. The summed E-state index contributed by atoms with van der Waals surface area (Å²) >= 11 is 1.61. The molecule has 4 rings (SSSR count). The molecule has 0 aliphatic heterocycles. The minimum atomic E-state index is -0.342. The molecule has 0 saturated heterocycles. The molecule has 0 radical (unpaired) electrons. The molecule has 0 saturated carbocycles. The maximum atomic E-state index is 13.2. The van der Waals surface area contributed by atoms with Gasteiger partial charge in [-0.2, -0.15) is 0 Å². The molecule has 0 atom stereocenters. The van der Waals surface area contributed by atoms with Gasteiger partial charge in [0.1, 0.15) is 5.75 Å². The van der Waals surface area contributed by atoms with Crippen molar-refractivity contribution in [3.8, 4) is 16.2 Å². The Morgan fingerprint density at radius 3 is 2.52 bits per heavy atom. The average Bonchev–Trinajstić information content (AvgIpc) is 3.23. The minimum absolute atomic E-state index is 0.201. The van der Waals surface area contributed by atoms with Crippen molar-refractivity contribution in [2.45, 2.75) is 13.5 Å². The lowest BCUT2D eigenvalue weighted by Gasteiger charge is -2.15. The summed E-state index contributed by atoms with van der Waals surface area (Å²) in [4.78, 5) is 25.6. The third kappa shape index (κ3) is 4.67. The fraction of sp³-hybridized carbons (Fsp3) is 0.120. The van der Waals surface area contributed by atoms with Crippen LogP contribution in [0.15, 0.2) is 60.7 Å². The minimum Gasteiger partial charge on any atom is -0.495 e. The summed E-state index contributed by atoms with van der Waals surface area (Å²) in [5.74, 6) is -0.0847. The molecular weight excluding hydrogens is 436 g/mol. The largest absolute Gasteiger partial charge is 0.495 e. The lowest BCUT2D eigenvalue weighted by molar-refractivity contribution is -0.114. The topological polar surface area (TPSA) is 119 Å². The Balaban J connectivity index is 1.73. The number of hydrogen-bond acceptors (Lipinski definition) is 6. The van der Waals surface area contributed by atoms with Gasteiger partial charge in [0.05, 0.1) is 12.8 Å². The van der Waals surface area contributed by atoms with E-state index in [1.165, 1.54) is 14.0 Å². The molecule has 7 nitrogen and oxygen atoms in total. The summed E-state index contributed by atoms with van der Waals surface area (Å²) in [5, 5.41) is 6.69. The molecule has 0 unspecified atom stereocenters. The van der Waals surface area contributed by atoms with Gasteiger partial charge in [-0.05, 0) is 53.4 Å². The van der Waals surface area contributed by atoms with Crippen molar-refractivity contribution in [1.29, 1.82) is 0 Å². The summed E-state index contributed by atoms with van der Waals surface area (Å²) in [6.45, 7) is 1.62. The number of nitrogens with two attached hydrogens (primary N) is 2. The first-order valence-electron chi connectivity index (χ1n) is 10.3. The molecule has 168 valence electrons. The van der Waals surface area contributed by atoms with Crippen LogP contribution in [0, 0.1) is 0 Å². The Morgan fingerprint density at radius 1 is 1.03 bits per heavy atom. The van der Waals surface area contributed by atoms with Gasteiger partial charge in [-0.15, -0.1) is 11.3 Å². The van der Waals surface area contributed by atoms with Crippen LogP contribution >= 0.6 is 11.3 Å². The normalized spacial score (nSPS) is 10.8. The molecule has 6 N–H and O–H groups in total. The monoisotopic (exact) mass is 460 g/mol. The number of carbonyl (C=O) groups excluding carboxylic acids is 2. The second kappa shape index (κ2) is 9.32. The highest BCUT2D eigenvalue weighted by atomic mass is 32.1. The second-order valence-corrected chi connectivity index (χ2v) is 8.58. The zero-order valence-electron chi connectivity index (χ0n) is 18.3. The van der Waals surface area contributed by atoms with Crippen molar-refractivity contribution in [2.24, 2.45) is 5.73 Å². The first-order chi connectivity index (χ1) is 15.9. The van der Waals surface area contributed by atoms with Crippen LogP contribution in [-0.2, 0) is 11.3 Å². The molecule has 2 amide bonds. The van der Waals surface area contributed by atoms with Gasteiger partial charge in [-0.3, -0.25) is 9.59 Å². The molecule has 1 heterocycles. The number of methoxy groups -OCH3 is 1. The Labute approximate surface area is 195 Å². The Bertz CT molecular complexity index is 1330. The van der Waals surface area contributed by atoms with Crippen molar-refractivity contribution in [1.82, 2.24) is 0 Å². The molecule has 33 heavy (non-hydrogen) atoms. The highest BCUT2D eigenvalue weighted by molar-refractivity contribution is 7.22. The van der Waals surface area contributed by atoms with E-state index in [-0.39, 0.29) is 18.4 Å². The van der Waals surface area contributed by atoms with Crippen molar-refractivity contribution < 1.29 is 14.3 Å². The van der Waals surface area contributed by atoms with E-state index >= 15 is 0 Å². The molecule has 0 bridgehead atoms. The fourth-order valence-corrected chi connectivity index (χ4v) is 4.71. The summed E-state index contributed by atoms with van der Waals surface area (Å²) in [6.07, 6.45) is 0. The maximum absolute atomic E-state index is 13.2. The van der Waals surface area contributed by atoms with Crippen LogP contribution < -0.4 is 26.8 Å². The van der Waals surface area contributed by atoms with E-state index in [2.05, 4.69) is 22.8 Å². The molecule has 3 aromatic carbocycles. The molecular formula is C25H24N4O3S. The number of rotatable bonds is 6. The van der Waals surface area contributed by atoms with Crippen LogP contribution in [0.3, 0.4) is 0 Å². The first-order valence-corrected chi connectivity index (χ1v) is 11.1. The highest BCUT2D eigenvalue weighted by Crippen LogP contribution is 2.38. The van der Waals surface area contributed by atoms with Crippen LogP contribution in [-0.4, -0.2) is 18.9 Å². The Kier molecular flexibility index (Phi) is 6.30. The summed E-state index contributed by atoms with van der Waals surface area (Å²) in [7, 11) is 1.51. The number of anilines is 3.